The van der Waals surface area contributed by atoms with Crippen LogP contribution in [0.3, 0.4) is 0 Å². The number of ether oxygens (including phenoxy) is 1. The van der Waals surface area contributed by atoms with Crippen molar-refractivity contribution in [3.63, 3.8) is 0 Å². The molecular weight excluding hydrogens is 526 g/mol. The second-order valence-electron chi connectivity index (χ2n) is 10.8. The van der Waals surface area contributed by atoms with Gasteiger partial charge in [0.05, 0.1) is 16.6 Å². The lowest BCUT2D eigenvalue weighted by Crippen LogP contribution is -2.42. The van der Waals surface area contributed by atoms with Crippen LogP contribution < -0.4 is 0 Å². The molecule has 8 nitrogen and oxygen atoms in total. The van der Waals surface area contributed by atoms with Gasteiger partial charge < -0.3 is 9.64 Å². The molecule has 3 heterocycles. The highest BCUT2D eigenvalue weighted by atomic mass is 32.2. The zero-order valence-corrected chi connectivity index (χ0v) is 22.8. The molecular formula is C28H30F2N4O4S. The van der Waals surface area contributed by atoms with Gasteiger partial charge in [-0.15, -0.1) is 0 Å². The van der Waals surface area contributed by atoms with E-state index in [9.17, 15) is 22.0 Å². The summed E-state index contributed by atoms with van der Waals surface area (Å²) in [4.78, 5) is 14.1. The molecule has 0 radical (unpaired) electrons. The Kier molecular flexibility index (Phi) is 6.96. The molecule has 1 saturated heterocycles. The number of rotatable bonds is 5. The first-order valence-corrected chi connectivity index (χ1v) is 14.2. The summed E-state index contributed by atoms with van der Waals surface area (Å²) in [6, 6.07) is 9.71. The number of halogens is 2. The van der Waals surface area contributed by atoms with E-state index >= 15 is 0 Å². The molecule has 0 saturated carbocycles. The normalized spacial score (nSPS) is 15.2. The summed E-state index contributed by atoms with van der Waals surface area (Å²) in [7, 11) is -4.06. The Morgan fingerprint density at radius 2 is 1.72 bits per heavy atom. The number of hydrogen-bond donors (Lipinski definition) is 0. The first-order chi connectivity index (χ1) is 18.4. The lowest BCUT2D eigenvalue weighted by atomic mass is 9.97. The quantitative estimate of drug-likeness (QED) is 0.316. The molecule has 0 N–H and O–H groups in total. The highest BCUT2D eigenvalue weighted by Gasteiger charge is 2.28. The summed E-state index contributed by atoms with van der Waals surface area (Å²) < 4.78 is 63.5. The van der Waals surface area contributed by atoms with Crippen molar-refractivity contribution in [2.75, 3.05) is 13.1 Å². The minimum Gasteiger partial charge on any atom is -0.444 e. The maximum atomic E-state index is 14.3. The van der Waals surface area contributed by atoms with Crippen molar-refractivity contribution in [3.8, 4) is 11.1 Å². The lowest BCUT2D eigenvalue weighted by Gasteiger charge is -2.33. The van der Waals surface area contributed by atoms with E-state index in [1.807, 2.05) is 20.8 Å². The van der Waals surface area contributed by atoms with Gasteiger partial charge in [0.1, 0.15) is 5.60 Å². The molecule has 0 aliphatic carbocycles. The molecule has 2 aromatic heterocycles. The average molecular weight is 557 g/mol. The molecule has 5 rings (SSSR count). The van der Waals surface area contributed by atoms with Gasteiger partial charge in [0, 0.05) is 54.6 Å². The van der Waals surface area contributed by atoms with E-state index in [1.54, 1.807) is 40.2 Å². The van der Waals surface area contributed by atoms with Gasteiger partial charge >= 0.3 is 6.09 Å². The SMILES string of the molecule is CC(C)(C)OC(=O)N1CCC(Cn2cc(-c3cn(S(=O)(=O)c4ccccc4)c4cc(F)c(F)cc34)cn2)CC1. The van der Waals surface area contributed by atoms with E-state index in [1.165, 1.54) is 18.3 Å². The van der Waals surface area contributed by atoms with E-state index < -0.39 is 27.3 Å². The molecule has 1 aliphatic heterocycles. The molecule has 0 unspecified atom stereocenters. The van der Waals surface area contributed by atoms with Gasteiger partial charge in [-0.3, -0.25) is 4.68 Å². The summed E-state index contributed by atoms with van der Waals surface area (Å²) >= 11 is 0. The monoisotopic (exact) mass is 556 g/mol. The van der Waals surface area contributed by atoms with Crippen molar-refractivity contribution in [2.24, 2.45) is 5.92 Å². The van der Waals surface area contributed by atoms with Crippen molar-refractivity contribution in [3.05, 3.63) is 72.7 Å². The largest absolute Gasteiger partial charge is 0.444 e. The van der Waals surface area contributed by atoms with Gasteiger partial charge in [0.2, 0.25) is 0 Å². The Morgan fingerprint density at radius 1 is 1.05 bits per heavy atom. The van der Waals surface area contributed by atoms with Crippen LogP contribution in [0, 0.1) is 17.6 Å². The van der Waals surface area contributed by atoms with E-state index in [4.69, 9.17) is 4.74 Å². The van der Waals surface area contributed by atoms with Gasteiger partial charge in [-0.25, -0.2) is 26.0 Å². The molecule has 0 bridgehead atoms. The van der Waals surface area contributed by atoms with Crippen LogP contribution in [-0.2, 0) is 21.3 Å². The molecule has 1 amide bonds. The fourth-order valence-electron chi connectivity index (χ4n) is 4.82. The number of nitrogens with zero attached hydrogens (tertiary/aromatic N) is 4. The Morgan fingerprint density at radius 3 is 2.38 bits per heavy atom. The van der Waals surface area contributed by atoms with Crippen LogP contribution in [-0.4, -0.2) is 51.9 Å². The number of fused-ring (bicyclic) bond motifs is 1. The van der Waals surface area contributed by atoms with Crippen LogP contribution in [0.15, 0.2) is 66.0 Å². The fraction of sp³-hybridized carbons (Fsp3) is 0.357. The van der Waals surface area contributed by atoms with Crippen molar-refractivity contribution in [1.29, 1.82) is 0 Å². The first-order valence-electron chi connectivity index (χ1n) is 12.7. The molecule has 206 valence electrons. The molecule has 0 atom stereocenters. The number of hydrogen-bond acceptors (Lipinski definition) is 5. The highest BCUT2D eigenvalue weighted by Crippen LogP contribution is 2.34. The zero-order valence-electron chi connectivity index (χ0n) is 22.0. The average Bonchev–Trinajstić information content (AvgIpc) is 3.49. The second-order valence-corrected chi connectivity index (χ2v) is 12.6. The Balaban J connectivity index is 1.39. The van der Waals surface area contributed by atoms with E-state index in [2.05, 4.69) is 5.10 Å². The number of likely N-dealkylation sites (tertiary alicyclic amines) is 1. The van der Waals surface area contributed by atoms with Crippen LogP contribution in [0.4, 0.5) is 13.6 Å². The van der Waals surface area contributed by atoms with Gasteiger partial charge in [0.25, 0.3) is 10.0 Å². The summed E-state index contributed by atoms with van der Waals surface area (Å²) in [5, 5.41) is 4.71. The summed E-state index contributed by atoms with van der Waals surface area (Å²) in [6.45, 7) is 7.30. The fourth-order valence-corrected chi connectivity index (χ4v) is 6.20. The van der Waals surface area contributed by atoms with Crippen molar-refractivity contribution in [1.82, 2.24) is 18.7 Å². The topological polar surface area (TPSA) is 86.4 Å². The van der Waals surface area contributed by atoms with Gasteiger partial charge in [-0.1, -0.05) is 18.2 Å². The third-order valence-corrected chi connectivity index (χ3v) is 8.46. The van der Waals surface area contributed by atoms with Crippen LogP contribution in [0.5, 0.6) is 0 Å². The van der Waals surface area contributed by atoms with Crippen molar-refractivity contribution >= 4 is 27.0 Å². The number of amides is 1. The maximum Gasteiger partial charge on any atom is 0.410 e. The van der Waals surface area contributed by atoms with Gasteiger partial charge in [-0.2, -0.15) is 5.10 Å². The Labute approximate surface area is 225 Å². The second kappa shape index (κ2) is 10.1. The van der Waals surface area contributed by atoms with Crippen molar-refractivity contribution in [2.45, 2.75) is 50.7 Å². The van der Waals surface area contributed by atoms with Gasteiger partial charge in [0.15, 0.2) is 11.6 Å². The van der Waals surface area contributed by atoms with E-state index in [0.717, 1.165) is 28.9 Å². The summed E-state index contributed by atoms with van der Waals surface area (Å²) in [6.07, 6.45) is 6.00. The van der Waals surface area contributed by atoms with Crippen LogP contribution in [0.1, 0.15) is 33.6 Å². The smallest absolute Gasteiger partial charge is 0.410 e. The Bertz CT molecular complexity index is 1620. The molecule has 1 fully saturated rings. The number of piperidine rings is 1. The predicted octanol–water partition coefficient (Wildman–Crippen LogP) is 5.67. The van der Waals surface area contributed by atoms with E-state index in [0.29, 0.717) is 30.8 Å². The standard InChI is InChI=1S/C28H30F2N4O4S/c1-28(2,3)38-27(35)32-11-9-19(10-12-32)16-33-17-20(15-31-33)23-18-34(26-14-25(30)24(29)13-22(23)26)39(36,37)21-7-5-4-6-8-21/h4-8,13-15,17-19H,9-12,16H2,1-3H3. The predicted molar refractivity (Wildman–Crippen MR) is 143 cm³/mol. The molecule has 2 aromatic carbocycles. The third-order valence-electron chi connectivity index (χ3n) is 6.77. The first kappa shape index (κ1) is 26.9. The lowest BCUT2D eigenvalue weighted by molar-refractivity contribution is 0.0177. The maximum absolute atomic E-state index is 14.3. The minimum atomic E-state index is -4.06. The molecule has 0 spiro atoms. The number of carbonyl (C=O) groups is 1. The highest BCUT2D eigenvalue weighted by molar-refractivity contribution is 7.90. The summed E-state index contributed by atoms with van der Waals surface area (Å²) in [5.41, 5.74) is 0.501. The number of aromatic nitrogens is 3. The number of benzene rings is 2. The molecule has 39 heavy (non-hydrogen) atoms. The van der Waals surface area contributed by atoms with E-state index in [-0.39, 0.29) is 27.8 Å². The molecule has 4 aromatic rings. The van der Waals surface area contributed by atoms with Crippen LogP contribution >= 0.6 is 0 Å². The van der Waals surface area contributed by atoms with Crippen molar-refractivity contribution < 1.29 is 26.7 Å². The summed E-state index contributed by atoms with van der Waals surface area (Å²) in [5.74, 6) is -1.92. The van der Waals surface area contributed by atoms with Crippen LogP contribution in [0.2, 0.25) is 0 Å². The third kappa shape index (κ3) is 5.54. The van der Waals surface area contributed by atoms with Crippen LogP contribution in [0.25, 0.3) is 22.0 Å². The zero-order chi connectivity index (χ0) is 27.9. The molecule has 11 heteroatoms. The van der Waals surface area contributed by atoms with Gasteiger partial charge in [-0.05, 0) is 57.7 Å². The number of carbonyl (C=O) groups excluding carboxylic acids is 1. The molecule has 1 aliphatic rings. The minimum absolute atomic E-state index is 0.0339. The Hall–Kier alpha value is -3.73.